The maximum atomic E-state index is 9.47. The molecule has 4 heteroatoms. The lowest BCUT2D eigenvalue weighted by atomic mass is 10.0. The molecule has 0 saturated heterocycles. The van der Waals surface area contributed by atoms with Crippen molar-refractivity contribution >= 4 is 28.6 Å². The molecule has 0 amide bonds. The van der Waals surface area contributed by atoms with Gasteiger partial charge in [-0.1, -0.05) is 62.5 Å². The zero-order valence-electron chi connectivity index (χ0n) is 16.2. The zero-order chi connectivity index (χ0) is 19.8. The number of thiocarbonyl (C=S) groups is 1. The number of nitrogens with zero attached hydrogens (tertiary/aromatic N) is 2. The van der Waals surface area contributed by atoms with Crippen LogP contribution in [0.25, 0.3) is 0 Å². The van der Waals surface area contributed by atoms with Crippen molar-refractivity contribution in [3.8, 4) is 6.07 Å². The minimum absolute atomic E-state index is 0.415. The van der Waals surface area contributed by atoms with Crippen LogP contribution in [0, 0.1) is 11.3 Å². The van der Waals surface area contributed by atoms with E-state index < -0.39 is 0 Å². The van der Waals surface area contributed by atoms with E-state index in [1.165, 1.54) is 5.56 Å². The molecule has 27 heavy (non-hydrogen) atoms. The minimum atomic E-state index is 0.415. The number of hydrogen-bond donors (Lipinski definition) is 1. The van der Waals surface area contributed by atoms with Gasteiger partial charge < -0.3 is 10.2 Å². The van der Waals surface area contributed by atoms with Crippen LogP contribution in [0.5, 0.6) is 0 Å². The second-order valence-corrected chi connectivity index (χ2v) is 7.00. The van der Waals surface area contributed by atoms with Gasteiger partial charge in [0.25, 0.3) is 0 Å². The van der Waals surface area contributed by atoms with Gasteiger partial charge in [0.05, 0.1) is 5.57 Å². The van der Waals surface area contributed by atoms with Crippen LogP contribution in [0.3, 0.4) is 0 Å². The van der Waals surface area contributed by atoms with Gasteiger partial charge >= 0.3 is 0 Å². The van der Waals surface area contributed by atoms with E-state index in [2.05, 4.69) is 48.3 Å². The minimum Gasteiger partial charge on any atom is -0.348 e. The lowest BCUT2D eigenvalue weighted by Crippen LogP contribution is -2.16. The largest absolute Gasteiger partial charge is 0.348 e. The number of nitrogens with one attached hydrogen (secondary N) is 1. The number of benzene rings is 2. The van der Waals surface area contributed by atoms with Gasteiger partial charge in [0.15, 0.2) is 0 Å². The van der Waals surface area contributed by atoms with Gasteiger partial charge in [-0.2, -0.15) is 5.26 Å². The first-order valence-corrected chi connectivity index (χ1v) is 9.32. The highest BCUT2D eigenvalue weighted by Gasteiger charge is 2.11. The molecule has 0 atom stereocenters. The molecular weight excluding hydrogens is 350 g/mol. The number of rotatable bonds is 6. The summed E-state index contributed by atoms with van der Waals surface area (Å²) >= 11 is 5.38. The Morgan fingerprint density at radius 3 is 2.33 bits per heavy atom. The summed E-state index contributed by atoms with van der Waals surface area (Å²) in [6.07, 6.45) is 3.69. The highest BCUT2D eigenvalue weighted by Crippen LogP contribution is 2.28. The molecule has 0 bridgehead atoms. The standard InChI is InChI=1S/C23H25N3S/c1-17(2)21-12-8-9-13-22(21)26(4)18(3)14-15-19(16-24)23(27)25-20-10-6-5-7-11-20/h5-15,17H,1-4H3,(H,25,27)/b18-14-,19-15+. The average Bonchev–Trinajstić information content (AvgIpc) is 2.68. The summed E-state index contributed by atoms with van der Waals surface area (Å²) in [5.74, 6) is 0.435. The Hall–Kier alpha value is -2.90. The first-order chi connectivity index (χ1) is 12.9. The molecule has 0 saturated carbocycles. The fourth-order valence-electron chi connectivity index (χ4n) is 2.67. The van der Waals surface area contributed by atoms with Crippen LogP contribution in [0.4, 0.5) is 11.4 Å². The Balaban J connectivity index is 2.20. The van der Waals surface area contributed by atoms with Crippen molar-refractivity contribution in [2.75, 3.05) is 17.3 Å². The predicted octanol–water partition coefficient (Wildman–Crippen LogP) is 6.04. The van der Waals surface area contributed by atoms with Gasteiger partial charge in [0, 0.05) is 24.1 Å². The van der Waals surface area contributed by atoms with E-state index in [4.69, 9.17) is 12.2 Å². The van der Waals surface area contributed by atoms with Gasteiger partial charge in [-0.15, -0.1) is 0 Å². The van der Waals surface area contributed by atoms with Crippen molar-refractivity contribution in [3.63, 3.8) is 0 Å². The van der Waals surface area contributed by atoms with Gasteiger partial charge in [-0.3, -0.25) is 0 Å². The van der Waals surface area contributed by atoms with Crippen LogP contribution in [-0.2, 0) is 0 Å². The molecule has 0 aliphatic heterocycles. The molecule has 2 aromatic carbocycles. The SMILES string of the molecule is C/C(=C/C=C(\C#N)C(=S)Nc1ccccc1)N(C)c1ccccc1C(C)C. The molecule has 0 aromatic heterocycles. The molecular formula is C23H25N3S. The van der Waals surface area contributed by atoms with Crippen LogP contribution in [-0.4, -0.2) is 12.0 Å². The summed E-state index contributed by atoms with van der Waals surface area (Å²) in [6.45, 7) is 6.40. The number of anilines is 2. The zero-order valence-corrected chi connectivity index (χ0v) is 17.0. The van der Waals surface area contributed by atoms with Crippen molar-refractivity contribution in [1.82, 2.24) is 0 Å². The van der Waals surface area contributed by atoms with Gasteiger partial charge in [0.2, 0.25) is 0 Å². The van der Waals surface area contributed by atoms with Crippen molar-refractivity contribution in [2.24, 2.45) is 0 Å². The van der Waals surface area contributed by atoms with Crippen LogP contribution >= 0.6 is 12.2 Å². The first-order valence-electron chi connectivity index (χ1n) is 8.91. The van der Waals surface area contributed by atoms with Gasteiger partial charge in [0.1, 0.15) is 11.1 Å². The van der Waals surface area contributed by atoms with E-state index in [1.807, 2.05) is 56.4 Å². The molecule has 0 aliphatic carbocycles. The van der Waals surface area contributed by atoms with Crippen LogP contribution in [0.2, 0.25) is 0 Å². The second-order valence-electron chi connectivity index (χ2n) is 6.59. The van der Waals surface area contributed by atoms with E-state index >= 15 is 0 Å². The molecule has 0 fully saturated rings. The second kappa shape index (κ2) is 9.70. The maximum Gasteiger partial charge on any atom is 0.121 e. The molecule has 1 N–H and O–H groups in total. The van der Waals surface area contributed by atoms with E-state index in [0.29, 0.717) is 16.5 Å². The van der Waals surface area contributed by atoms with E-state index in [0.717, 1.165) is 17.1 Å². The molecule has 0 spiro atoms. The highest BCUT2D eigenvalue weighted by atomic mass is 32.1. The van der Waals surface area contributed by atoms with Crippen LogP contribution in [0.1, 0.15) is 32.3 Å². The normalized spacial score (nSPS) is 11.9. The summed E-state index contributed by atoms with van der Waals surface area (Å²) in [5.41, 5.74) is 4.78. The van der Waals surface area contributed by atoms with Crippen molar-refractivity contribution in [1.29, 1.82) is 5.26 Å². The fraction of sp³-hybridized carbons (Fsp3) is 0.217. The van der Waals surface area contributed by atoms with Crippen LogP contribution in [0.15, 0.2) is 78.0 Å². The monoisotopic (exact) mass is 375 g/mol. The van der Waals surface area contributed by atoms with Crippen molar-refractivity contribution in [3.05, 3.63) is 83.6 Å². The number of para-hydroxylation sites is 2. The quantitative estimate of drug-likeness (QED) is 0.289. The molecule has 0 heterocycles. The summed E-state index contributed by atoms with van der Waals surface area (Å²) in [5, 5.41) is 12.6. The van der Waals surface area contributed by atoms with Gasteiger partial charge in [-0.25, -0.2) is 0 Å². The Morgan fingerprint density at radius 1 is 1.07 bits per heavy atom. The Labute approximate surface area is 167 Å². The molecule has 3 nitrogen and oxygen atoms in total. The number of nitriles is 1. The molecule has 2 rings (SSSR count). The Bertz CT molecular complexity index is 889. The maximum absolute atomic E-state index is 9.47. The topological polar surface area (TPSA) is 39.1 Å². The van der Waals surface area contributed by atoms with Gasteiger partial charge in [-0.05, 0) is 48.8 Å². The van der Waals surface area contributed by atoms with E-state index in [9.17, 15) is 5.26 Å². The predicted molar refractivity (Wildman–Crippen MR) is 119 cm³/mol. The van der Waals surface area contributed by atoms with E-state index in [-0.39, 0.29) is 0 Å². The lowest BCUT2D eigenvalue weighted by Gasteiger charge is -2.24. The highest BCUT2D eigenvalue weighted by molar-refractivity contribution is 7.81. The Morgan fingerprint density at radius 2 is 1.70 bits per heavy atom. The smallest absolute Gasteiger partial charge is 0.121 e. The molecule has 0 aliphatic rings. The first kappa shape index (κ1) is 20.4. The third-order valence-electron chi connectivity index (χ3n) is 4.34. The summed E-state index contributed by atoms with van der Waals surface area (Å²) < 4.78 is 0. The lowest BCUT2D eigenvalue weighted by molar-refractivity contribution is 0.858. The van der Waals surface area contributed by atoms with E-state index in [1.54, 1.807) is 6.08 Å². The number of hydrogen-bond acceptors (Lipinski definition) is 3. The fourth-order valence-corrected chi connectivity index (χ4v) is 2.90. The average molecular weight is 376 g/mol. The van der Waals surface area contributed by atoms with Crippen molar-refractivity contribution in [2.45, 2.75) is 26.7 Å². The molecule has 0 radical (unpaired) electrons. The van der Waals surface area contributed by atoms with Crippen molar-refractivity contribution < 1.29 is 0 Å². The summed E-state index contributed by atoms with van der Waals surface area (Å²) in [4.78, 5) is 2.55. The Kier molecular flexibility index (Phi) is 7.34. The molecule has 2 aromatic rings. The molecule has 138 valence electrons. The summed E-state index contributed by atoms with van der Waals surface area (Å²) in [6, 6.07) is 20.2. The van der Waals surface area contributed by atoms with Crippen LogP contribution < -0.4 is 10.2 Å². The molecule has 0 unspecified atom stereocenters. The summed E-state index contributed by atoms with van der Waals surface area (Å²) in [7, 11) is 2.04. The third kappa shape index (κ3) is 5.54. The number of allylic oxidation sites excluding steroid dienone is 3. The third-order valence-corrected chi connectivity index (χ3v) is 4.66.